The molecule has 5 fully saturated rings. The summed E-state index contributed by atoms with van der Waals surface area (Å²) < 4.78 is 29.4. The minimum Gasteiger partial charge on any atom is -0.380 e. The van der Waals surface area contributed by atoms with Gasteiger partial charge in [0, 0.05) is 13.2 Å². The van der Waals surface area contributed by atoms with Crippen LogP contribution in [0.5, 0.6) is 0 Å². The highest BCUT2D eigenvalue weighted by atomic mass is 16.6. The van der Waals surface area contributed by atoms with Crippen molar-refractivity contribution in [1.29, 1.82) is 0 Å². The van der Waals surface area contributed by atoms with Gasteiger partial charge in [-0.1, -0.05) is 0 Å². The van der Waals surface area contributed by atoms with Crippen LogP contribution in [0.4, 0.5) is 0 Å². The van der Waals surface area contributed by atoms with Crippen LogP contribution in [-0.4, -0.2) is 63.1 Å². The van der Waals surface area contributed by atoms with Crippen molar-refractivity contribution in [2.75, 3.05) is 39.6 Å². The van der Waals surface area contributed by atoms with Gasteiger partial charge in [-0.05, 0) is 64.2 Å². The molecule has 5 aliphatic rings. The molecular formula is C21H34O5. The van der Waals surface area contributed by atoms with Gasteiger partial charge in [0.05, 0.1) is 55.3 Å². The fourth-order valence-electron chi connectivity index (χ4n) is 5.56. The number of epoxide rings is 2. The van der Waals surface area contributed by atoms with Gasteiger partial charge < -0.3 is 23.7 Å². The van der Waals surface area contributed by atoms with Crippen molar-refractivity contribution in [1.82, 2.24) is 0 Å². The van der Waals surface area contributed by atoms with E-state index >= 15 is 0 Å². The molecule has 5 heteroatoms. The van der Waals surface area contributed by atoms with Gasteiger partial charge >= 0.3 is 0 Å². The highest BCUT2D eigenvalue weighted by Crippen LogP contribution is 2.50. The molecule has 0 spiro atoms. The summed E-state index contributed by atoms with van der Waals surface area (Å²) in [6, 6.07) is 0. The molecule has 5 nitrogen and oxygen atoms in total. The van der Waals surface area contributed by atoms with Crippen LogP contribution in [0.15, 0.2) is 0 Å². The predicted molar refractivity (Wildman–Crippen MR) is 96.1 cm³/mol. The summed E-state index contributed by atoms with van der Waals surface area (Å²) in [4.78, 5) is 0. The summed E-state index contributed by atoms with van der Waals surface area (Å²) in [5, 5.41) is 0. The number of rotatable bonds is 8. The fourth-order valence-corrected chi connectivity index (χ4v) is 5.56. The Morgan fingerprint density at radius 2 is 1.27 bits per heavy atom. The van der Waals surface area contributed by atoms with Gasteiger partial charge in [0.2, 0.25) is 0 Å². The number of ether oxygens (including phenoxy) is 5. The van der Waals surface area contributed by atoms with Crippen LogP contribution >= 0.6 is 0 Å². The summed E-state index contributed by atoms with van der Waals surface area (Å²) >= 11 is 0. The molecule has 6 atom stereocenters. The molecule has 0 radical (unpaired) electrons. The minimum absolute atomic E-state index is 0.0777. The standard InChI is InChI=1S/C21H34O5/c1-19-7-15(3-5-17(19)25-19)9-22-11-21(13-24-14-21)12-23-10-16-4-6-18-20(2,8-16)26-18/h15-18H,3-14H2,1-2H3. The summed E-state index contributed by atoms with van der Waals surface area (Å²) in [5.41, 5.74) is 0.398. The predicted octanol–water partition coefficient (Wildman–Crippen LogP) is 2.95. The van der Waals surface area contributed by atoms with Gasteiger partial charge in [-0.2, -0.15) is 0 Å². The fraction of sp³-hybridized carbons (Fsp3) is 1.00. The van der Waals surface area contributed by atoms with E-state index in [9.17, 15) is 0 Å². The normalized spacial score (nSPS) is 48.2. The second kappa shape index (κ2) is 6.41. The van der Waals surface area contributed by atoms with Crippen molar-refractivity contribution >= 4 is 0 Å². The van der Waals surface area contributed by atoms with E-state index in [2.05, 4.69) is 13.8 Å². The first-order valence-electron chi connectivity index (χ1n) is 10.6. The molecule has 3 aliphatic heterocycles. The zero-order valence-electron chi connectivity index (χ0n) is 16.3. The van der Waals surface area contributed by atoms with E-state index in [-0.39, 0.29) is 16.6 Å². The number of fused-ring (bicyclic) bond motifs is 2. The third kappa shape index (κ3) is 3.46. The topological polar surface area (TPSA) is 52.8 Å². The van der Waals surface area contributed by atoms with Gasteiger partial charge in [-0.3, -0.25) is 0 Å². The van der Waals surface area contributed by atoms with Crippen LogP contribution in [0.1, 0.15) is 52.4 Å². The lowest BCUT2D eigenvalue weighted by Gasteiger charge is -2.41. The molecule has 148 valence electrons. The molecule has 2 aliphatic carbocycles. The average Bonchev–Trinajstić information content (AvgIpc) is 3.43. The van der Waals surface area contributed by atoms with Crippen molar-refractivity contribution in [3.05, 3.63) is 0 Å². The second-order valence-corrected chi connectivity index (χ2v) is 10.2. The van der Waals surface area contributed by atoms with E-state index in [1.165, 1.54) is 25.7 Å². The first-order chi connectivity index (χ1) is 12.5. The maximum absolute atomic E-state index is 6.14. The van der Waals surface area contributed by atoms with Crippen LogP contribution in [0.3, 0.4) is 0 Å². The lowest BCUT2D eigenvalue weighted by atomic mass is 9.82. The van der Waals surface area contributed by atoms with Gasteiger partial charge in [0.15, 0.2) is 0 Å². The van der Waals surface area contributed by atoms with Crippen LogP contribution in [0, 0.1) is 17.3 Å². The molecule has 0 aromatic heterocycles. The first kappa shape index (κ1) is 17.9. The molecule has 0 amide bonds. The molecule has 5 rings (SSSR count). The van der Waals surface area contributed by atoms with Gasteiger partial charge in [-0.15, -0.1) is 0 Å². The SMILES string of the molecule is CC12CC(COCC3(COCC4CCC5OC5(C)C4)COC3)CCC1O2. The van der Waals surface area contributed by atoms with Crippen molar-refractivity contribution < 1.29 is 23.7 Å². The van der Waals surface area contributed by atoms with E-state index in [1.54, 1.807) is 0 Å². The Morgan fingerprint density at radius 1 is 0.769 bits per heavy atom. The van der Waals surface area contributed by atoms with E-state index in [4.69, 9.17) is 23.7 Å². The molecule has 0 N–H and O–H groups in total. The molecule has 26 heavy (non-hydrogen) atoms. The average molecular weight is 366 g/mol. The van der Waals surface area contributed by atoms with Gasteiger partial charge in [-0.25, -0.2) is 0 Å². The quantitative estimate of drug-likeness (QED) is 0.618. The zero-order chi connectivity index (χ0) is 17.8. The van der Waals surface area contributed by atoms with Crippen molar-refractivity contribution in [3.63, 3.8) is 0 Å². The molecule has 0 aromatic carbocycles. The van der Waals surface area contributed by atoms with Gasteiger partial charge in [0.1, 0.15) is 0 Å². The highest BCUT2D eigenvalue weighted by Gasteiger charge is 2.56. The third-order valence-corrected chi connectivity index (χ3v) is 7.47. The second-order valence-electron chi connectivity index (χ2n) is 10.2. The molecule has 6 unspecified atom stereocenters. The number of hydrogen-bond donors (Lipinski definition) is 0. The summed E-state index contributed by atoms with van der Waals surface area (Å²) in [6.45, 7) is 9.28. The highest BCUT2D eigenvalue weighted by molar-refractivity contribution is 5.04. The molecular weight excluding hydrogens is 332 g/mol. The largest absolute Gasteiger partial charge is 0.380 e. The molecule has 0 bridgehead atoms. The Labute approximate surface area is 157 Å². The van der Waals surface area contributed by atoms with Crippen molar-refractivity contribution in [2.24, 2.45) is 17.3 Å². The maximum atomic E-state index is 6.14. The van der Waals surface area contributed by atoms with Gasteiger partial charge in [0.25, 0.3) is 0 Å². The van der Waals surface area contributed by atoms with Crippen LogP contribution < -0.4 is 0 Å². The van der Waals surface area contributed by atoms with E-state index < -0.39 is 0 Å². The molecule has 3 heterocycles. The van der Waals surface area contributed by atoms with Crippen molar-refractivity contribution in [3.8, 4) is 0 Å². The van der Waals surface area contributed by atoms with Crippen molar-refractivity contribution in [2.45, 2.75) is 75.8 Å². The Hall–Kier alpha value is -0.200. The Kier molecular flexibility index (Phi) is 4.41. The Balaban J connectivity index is 1.02. The first-order valence-corrected chi connectivity index (χ1v) is 10.6. The minimum atomic E-state index is 0.0777. The summed E-state index contributed by atoms with van der Waals surface area (Å²) in [6.07, 6.45) is 8.24. The smallest absolute Gasteiger partial charge is 0.0923 e. The number of hydrogen-bond acceptors (Lipinski definition) is 5. The Bertz CT molecular complexity index is 492. The summed E-state index contributed by atoms with van der Waals surface area (Å²) in [7, 11) is 0. The zero-order valence-corrected chi connectivity index (χ0v) is 16.3. The van der Waals surface area contributed by atoms with E-state index in [1.807, 2.05) is 0 Å². The van der Waals surface area contributed by atoms with Crippen LogP contribution in [-0.2, 0) is 23.7 Å². The molecule has 3 saturated heterocycles. The van der Waals surface area contributed by atoms with E-state index in [0.717, 1.165) is 52.5 Å². The molecule has 0 aromatic rings. The van der Waals surface area contributed by atoms with Crippen LogP contribution in [0.25, 0.3) is 0 Å². The Morgan fingerprint density at radius 3 is 1.65 bits per heavy atom. The van der Waals surface area contributed by atoms with E-state index in [0.29, 0.717) is 24.0 Å². The summed E-state index contributed by atoms with van der Waals surface area (Å²) in [5.74, 6) is 1.29. The monoisotopic (exact) mass is 366 g/mol. The lowest BCUT2D eigenvalue weighted by molar-refractivity contribution is -0.182. The lowest BCUT2D eigenvalue weighted by Crippen LogP contribution is -2.50. The molecule has 2 saturated carbocycles. The third-order valence-electron chi connectivity index (χ3n) is 7.47. The maximum Gasteiger partial charge on any atom is 0.0923 e. The van der Waals surface area contributed by atoms with Crippen LogP contribution in [0.2, 0.25) is 0 Å².